The van der Waals surface area contributed by atoms with Gasteiger partial charge in [0.25, 0.3) is 5.91 Å². The highest BCUT2D eigenvalue weighted by atomic mass is 35.5. The number of halogens is 1. The lowest BCUT2D eigenvalue weighted by Gasteiger charge is -2.15. The fourth-order valence-corrected chi connectivity index (χ4v) is 2.88. The molecule has 0 saturated heterocycles. The van der Waals surface area contributed by atoms with Crippen LogP contribution in [0.3, 0.4) is 0 Å². The van der Waals surface area contributed by atoms with E-state index >= 15 is 0 Å². The Morgan fingerprint density at radius 2 is 2.19 bits per heavy atom. The van der Waals surface area contributed by atoms with Gasteiger partial charge in [0.1, 0.15) is 5.70 Å². The summed E-state index contributed by atoms with van der Waals surface area (Å²) in [6, 6.07) is 7.42. The highest BCUT2D eigenvalue weighted by molar-refractivity contribution is 8.14. The van der Waals surface area contributed by atoms with E-state index < -0.39 is 0 Å². The van der Waals surface area contributed by atoms with Crippen molar-refractivity contribution < 1.29 is 4.79 Å². The molecule has 0 bridgehead atoms. The van der Waals surface area contributed by atoms with Gasteiger partial charge in [0, 0.05) is 17.3 Å². The molecule has 0 atom stereocenters. The fourth-order valence-electron chi connectivity index (χ4n) is 1.93. The van der Waals surface area contributed by atoms with Gasteiger partial charge in [-0.25, -0.2) is 4.99 Å². The maximum atomic E-state index is 12.4. The van der Waals surface area contributed by atoms with E-state index in [0.29, 0.717) is 17.3 Å². The number of rotatable bonds is 5. The average Bonchev–Trinajstić information content (AvgIpc) is 2.77. The van der Waals surface area contributed by atoms with Gasteiger partial charge in [-0.3, -0.25) is 9.69 Å². The molecule has 21 heavy (non-hydrogen) atoms. The van der Waals surface area contributed by atoms with Gasteiger partial charge in [-0.15, -0.1) is 6.58 Å². The number of carbonyl (C=O) groups excluding carboxylic acids is 1. The first-order chi connectivity index (χ1) is 10.2. The van der Waals surface area contributed by atoms with Crippen LogP contribution in [0.2, 0.25) is 5.02 Å². The standard InChI is InChI=1S/C16H17ClN2OS/c1-3-9-19-15(20)14(18-16(19)21-10-4-2)11-12-7-5-6-8-13(12)17/h4-8,11H,2-3,9-10H2,1H3/b14-11-. The minimum absolute atomic E-state index is 0.0664. The zero-order chi connectivity index (χ0) is 15.2. The summed E-state index contributed by atoms with van der Waals surface area (Å²) in [7, 11) is 0. The Balaban J connectivity index is 2.31. The summed E-state index contributed by atoms with van der Waals surface area (Å²) in [5.41, 5.74) is 1.24. The number of hydrogen-bond donors (Lipinski definition) is 0. The summed E-state index contributed by atoms with van der Waals surface area (Å²) in [6.45, 7) is 6.41. The fraction of sp³-hybridized carbons (Fsp3) is 0.250. The molecule has 3 nitrogen and oxygen atoms in total. The highest BCUT2D eigenvalue weighted by Gasteiger charge is 2.29. The molecule has 1 aromatic carbocycles. The molecule has 1 heterocycles. The first-order valence-corrected chi connectivity index (χ1v) is 8.14. The number of amides is 1. The van der Waals surface area contributed by atoms with Crippen LogP contribution in [0.4, 0.5) is 0 Å². The maximum absolute atomic E-state index is 12.4. The molecule has 0 unspecified atom stereocenters. The number of benzene rings is 1. The summed E-state index contributed by atoms with van der Waals surface area (Å²) in [4.78, 5) is 18.6. The van der Waals surface area contributed by atoms with E-state index in [4.69, 9.17) is 11.6 Å². The van der Waals surface area contributed by atoms with Crippen LogP contribution in [0.5, 0.6) is 0 Å². The van der Waals surface area contributed by atoms with E-state index in [1.807, 2.05) is 25.1 Å². The van der Waals surface area contributed by atoms with Gasteiger partial charge in [-0.1, -0.05) is 54.6 Å². The molecule has 1 aliphatic heterocycles. The Hall–Kier alpha value is -1.52. The van der Waals surface area contributed by atoms with Crippen molar-refractivity contribution in [3.63, 3.8) is 0 Å². The third kappa shape index (κ3) is 3.77. The van der Waals surface area contributed by atoms with Crippen molar-refractivity contribution in [1.29, 1.82) is 0 Å². The van der Waals surface area contributed by atoms with Gasteiger partial charge in [0.05, 0.1) is 0 Å². The van der Waals surface area contributed by atoms with Crippen LogP contribution in [0, 0.1) is 0 Å². The van der Waals surface area contributed by atoms with Crippen LogP contribution in [-0.2, 0) is 4.79 Å². The predicted molar refractivity (Wildman–Crippen MR) is 91.5 cm³/mol. The lowest BCUT2D eigenvalue weighted by molar-refractivity contribution is -0.122. The van der Waals surface area contributed by atoms with Gasteiger partial charge in [0.2, 0.25) is 0 Å². The zero-order valence-corrected chi connectivity index (χ0v) is 13.5. The van der Waals surface area contributed by atoms with E-state index in [-0.39, 0.29) is 5.91 Å². The maximum Gasteiger partial charge on any atom is 0.278 e. The van der Waals surface area contributed by atoms with E-state index in [0.717, 1.165) is 22.9 Å². The summed E-state index contributed by atoms with van der Waals surface area (Å²) < 4.78 is 0. The van der Waals surface area contributed by atoms with E-state index in [2.05, 4.69) is 11.6 Å². The van der Waals surface area contributed by atoms with E-state index in [1.54, 1.807) is 23.1 Å². The highest BCUT2D eigenvalue weighted by Crippen LogP contribution is 2.26. The molecule has 0 aromatic heterocycles. The zero-order valence-electron chi connectivity index (χ0n) is 11.9. The lowest BCUT2D eigenvalue weighted by atomic mass is 10.2. The third-order valence-electron chi connectivity index (χ3n) is 2.89. The molecule has 0 N–H and O–H groups in total. The van der Waals surface area contributed by atoms with Crippen molar-refractivity contribution in [3.05, 3.63) is 53.2 Å². The first-order valence-electron chi connectivity index (χ1n) is 6.77. The van der Waals surface area contributed by atoms with Crippen molar-refractivity contribution >= 4 is 40.5 Å². The van der Waals surface area contributed by atoms with Gasteiger partial charge >= 0.3 is 0 Å². The largest absolute Gasteiger partial charge is 0.286 e. The van der Waals surface area contributed by atoms with Gasteiger partial charge in [-0.2, -0.15) is 0 Å². The van der Waals surface area contributed by atoms with Crippen molar-refractivity contribution in [2.45, 2.75) is 13.3 Å². The number of hydrogen-bond acceptors (Lipinski definition) is 3. The predicted octanol–water partition coefficient (Wildman–Crippen LogP) is 4.21. The molecule has 1 aromatic rings. The summed E-state index contributed by atoms with van der Waals surface area (Å²) >= 11 is 7.65. The SMILES string of the molecule is C=CCSC1=N/C(=C\c2ccccc2Cl)C(=O)N1CCC. The summed E-state index contributed by atoms with van der Waals surface area (Å²) in [5.74, 6) is 0.662. The first kappa shape index (κ1) is 15.9. The minimum Gasteiger partial charge on any atom is -0.286 e. The number of carbonyl (C=O) groups is 1. The molecule has 110 valence electrons. The lowest BCUT2D eigenvalue weighted by Crippen LogP contribution is -2.31. The Kier molecular flexibility index (Phi) is 5.65. The van der Waals surface area contributed by atoms with Crippen LogP contribution < -0.4 is 0 Å². The molecular weight excluding hydrogens is 304 g/mol. The van der Waals surface area contributed by atoms with Gasteiger partial charge < -0.3 is 0 Å². The third-order valence-corrected chi connectivity index (χ3v) is 4.20. The van der Waals surface area contributed by atoms with Crippen LogP contribution in [0.15, 0.2) is 47.6 Å². The molecule has 1 aliphatic rings. The van der Waals surface area contributed by atoms with Crippen molar-refractivity contribution in [1.82, 2.24) is 4.90 Å². The Bertz CT molecular complexity index is 610. The Morgan fingerprint density at radius 3 is 2.86 bits per heavy atom. The number of aliphatic imine (C=N–C) groups is 1. The number of amidine groups is 1. The van der Waals surface area contributed by atoms with Crippen LogP contribution in [0.1, 0.15) is 18.9 Å². The van der Waals surface area contributed by atoms with Crippen molar-refractivity contribution in [3.8, 4) is 0 Å². The second kappa shape index (κ2) is 7.48. The molecular formula is C16H17ClN2OS. The van der Waals surface area contributed by atoms with Crippen LogP contribution in [-0.4, -0.2) is 28.3 Å². The minimum atomic E-state index is -0.0664. The Morgan fingerprint density at radius 1 is 1.43 bits per heavy atom. The average molecular weight is 321 g/mol. The van der Waals surface area contributed by atoms with E-state index in [9.17, 15) is 4.79 Å². The Labute approximate surface area is 134 Å². The number of thioether (sulfide) groups is 1. The second-order valence-corrected chi connectivity index (χ2v) is 5.90. The van der Waals surface area contributed by atoms with Crippen molar-refractivity contribution in [2.75, 3.05) is 12.3 Å². The summed E-state index contributed by atoms with van der Waals surface area (Å²) in [6.07, 6.45) is 4.44. The molecule has 0 spiro atoms. The molecule has 2 rings (SSSR count). The van der Waals surface area contributed by atoms with Crippen LogP contribution >= 0.6 is 23.4 Å². The molecule has 5 heteroatoms. The van der Waals surface area contributed by atoms with Crippen molar-refractivity contribution in [2.24, 2.45) is 4.99 Å². The van der Waals surface area contributed by atoms with Gasteiger partial charge in [-0.05, 0) is 24.1 Å². The number of nitrogens with zero attached hydrogens (tertiary/aromatic N) is 2. The van der Waals surface area contributed by atoms with Gasteiger partial charge in [0.15, 0.2) is 5.17 Å². The molecule has 0 saturated carbocycles. The molecule has 0 fully saturated rings. The molecule has 0 aliphatic carbocycles. The monoisotopic (exact) mass is 320 g/mol. The summed E-state index contributed by atoms with van der Waals surface area (Å²) in [5, 5.41) is 1.35. The van der Waals surface area contributed by atoms with Crippen LogP contribution in [0.25, 0.3) is 6.08 Å². The second-order valence-electron chi connectivity index (χ2n) is 4.50. The molecule has 1 amide bonds. The molecule has 0 radical (unpaired) electrons. The quantitative estimate of drug-likeness (QED) is 0.601. The topological polar surface area (TPSA) is 32.7 Å². The normalized spacial score (nSPS) is 16.5. The van der Waals surface area contributed by atoms with E-state index in [1.165, 1.54) is 11.8 Å². The smallest absolute Gasteiger partial charge is 0.278 e.